The van der Waals surface area contributed by atoms with Crippen LogP contribution in [0.5, 0.6) is 0 Å². The Morgan fingerprint density at radius 3 is 2.32 bits per heavy atom. The van der Waals surface area contributed by atoms with Gasteiger partial charge in [0.2, 0.25) is 0 Å². The number of nitrogens with zero attached hydrogens (tertiary/aromatic N) is 1. The predicted molar refractivity (Wildman–Crippen MR) is 78.4 cm³/mol. The van der Waals surface area contributed by atoms with Crippen LogP contribution in [-0.4, -0.2) is 4.98 Å². The first-order valence-corrected chi connectivity index (χ1v) is 7.60. The van der Waals surface area contributed by atoms with E-state index < -0.39 is 0 Å². The van der Waals surface area contributed by atoms with Crippen LogP contribution in [0.3, 0.4) is 0 Å². The average Bonchev–Trinajstić information content (AvgIpc) is 2.41. The van der Waals surface area contributed by atoms with Crippen molar-refractivity contribution in [3.05, 3.63) is 29.8 Å². The van der Waals surface area contributed by atoms with Crippen molar-refractivity contribution < 1.29 is 4.39 Å². The van der Waals surface area contributed by atoms with Crippen LogP contribution in [0.4, 0.5) is 4.39 Å². The van der Waals surface area contributed by atoms with Crippen LogP contribution in [0, 0.1) is 5.82 Å². The van der Waals surface area contributed by atoms with Gasteiger partial charge in [0.25, 0.3) is 0 Å². The van der Waals surface area contributed by atoms with Crippen molar-refractivity contribution in [3.63, 3.8) is 0 Å². The summed E-state index contributed by atoms with van der Waals surface area (Å²) in [6.07, 6.45) is 14.1. The summed E-state index contributed by atoms with van der Waals surface area (Å²) < 4.78 is 13.0. The molecule has 1 aromatic heterocycles. The third-order valence-electron chi connectivity index (χ3n) is 3.52. The lowest BCUT2D eigenvalue weighted by molar-refractivity contribution is 0.532. The molecule has 0 aromatic carbocycles. The highest BCUT2D eigenvalue weighted by atomic mass is 19.1. The van der Waals surface area contributed by atoms with E-state index >= 15 is 0 Å². The van der Waals surface area contributed by atoms with E-state index in [0.717, 1.165) is 18.4 Å². The lowest BCUT2D eigenvalue weighted by atomic mass is 10.0. The summed E-state index contributed by atoms with van der Waals surface area (Å²) in [4.78, 5) is 3.84. The monoisotopic (exact) mass is 266 g/mol. The molecule has 0 radical (unpaired) electrons. The Hall–Kier alpha value is -0.960. The van der Waals surface area contributed by atoms with Gasteiger partial charge >= 0.3 is 0 Å². The van der Waals surface area contributed by atoms with E-state index in [-0.39, 0.29) is 11.9 Å². The lowest BCUT2D eigenvalue weighted by Gasteiger charge is -2.11. The minimum Gasteiger partial charge on any atom is -0.324 e. The van der Waals surface area contributed by atoms with Crippen molar-refractivity contribution >= 4 is 0 Å². The second-order valence-corrected chi connectivity index (χ2v) is 5.31. The van der Waals surface area contributed by atoms with Gasteiger partial charge in [-0.2, -0.15) is 0 Å². The topological polar surface area (TPSA) is 38.9 Å². The van der Waals surface area contributed by atoms with Gasteiger partial charge in [-0.05, 0) is 18.1 Å². The first-order chi connectivity index (χ1) is 9.24. The van der Waals surface area contributed by atoms with Crippen LogP contribution < -0.4 is 5.73 Å². The van der Waals surface area contributed by atoms with E-state index in [1.807, 2.05) is 0 Å². The molecule has 1 rings (SSSR count). The van der Waals surface area contributed by atoms with Crippen molar-refractivity contribution in [2.75, 3.05) is 0 Å². The number of nitrogens with two attached hydrogens (primary N) is 1. The number of unbranched alkanes of at least 4 members (excludes halogenated alkanes) is 7. The van der Waals surface area contributed by atoms with Crippen LogP contribution >= 0.6 is 0 Å². The molecule has 0 fully saturated rings. The maximum Gasteiger partial charge on any atom is 0.141 e. The van der Waals surface area contributed by atoms with Gasteiger partial charge in [0.15, 0.2) is 0 Å². The van der Waals surface area contributed by atoms with Gasteiger partial charge in [-0.15, -0.1) is 0 Å². The number of hydrogen-bond acceptors (Lipinski definition) is 2. The second kappa shape index (κ2) is 9.90. The molecule has 0 aliphatic rings. The number of rotatable bonds is 10. The summed E-state index contributed by atoms with van der Waals surface area (Å²) in [6.45, 7) is 2.24. The standard InChI is InChI=1S/C16H27FN2/c1-2-3-4-5-6-7-8-9-10-16(18)14-11-15(17)13-19-12-14/h11-13,16H,2-10,18H2,1H3. The van der Waals surface area contributed by atoms with E-state index in [2.05, 4.69) is 11.9 Å². The van der Waals surface area contributed by atoms with Crippen LogP contribution in [0.15, 0.2) is 18.5 Å². The molecule has 19 heavy (non-hydrogen) atoms. The predicted octanol–water partition coefficient (Wildman–Crippen LogP) is 4.75. The van der Waals surface area contributed by atoms with E-state index in [1.54, 1.807) is 6.20 Å². The Balaban J connectivity index is 2.06. The van der Waals surface area contributed by atoms with Crippen molar-refractivity contribution in [3.8, 4) is 0 Å². The fraction of sp³-hybridized carbons (Fsp3) is 0.688. The highest BCUT2D eigenvalue weighted by Crippen LogP contribution is 2.18. The zero-order valence-corrected chi connectivity index (χ0v) is 12.1. The Morgan fingerprint density at radius 2 is 1.68 bits per heavy atom. The van der Waals surface area contributed by atoms with Crippen molar-refractivity contribution in [2.24, 2.45) is 5.73 Å². The molecule has 0 spiro atoms. The zero-order valence-electron chi connectivity index (χ0n) is 12.1. The largest absolute Gasteiger partial charge is 0.324 e. The maximum absolute atomic E-state index is 13.0. The second-order valence-electron chi connectivity index (χ2n) is 5.31. The van der Waals surface area contributed by atoms with Gasteiger partial charge in [0.05, 0.1) is 6.20 Å². The molecule has 1 aromatic rings. The highest BCUT2D eigenvalue weighted by molar-refractivity contribution is 5.14. The molecular formula is C16H27FN2. The normalized spacial score (nSPS) is 12.6. The van der Waals surface area contributed by atoms with Crippen molar-refractivity contribution in [1.29, 1.82) is 0 Å². The summed E-state index contributed by atoms with van der Waals surface area (Å²) in [7, 11) is 0. The molecule has 2 nitrogen and oxygen atoms in total. The molecule has 2 N–H and O–H groups in total. The van der Waals surface area contributed by atoms with Gasteiger partial charge in [0, 0.05) is 12.2 Å². The van der Waals surface area contributed by atoms with E-state index in [1.165, 1.54) is 57.2 Å². The summed E-state index contributed by atoms with van der Waals surface area (Å²) >= 11 is 0. The highest BCUT2D eigenvalue weighted by Gasteiger charge is 2.06. The fourth-order valence-corrected chi connectivity index (χ4v) is 2.30. The Bertz CT molecular complexity index is 341. The quantitative estimate of drug-likeness (QED) is 0.621. The molecular weight excluding hydrogens is 239 g/mol. The van der Waals surface area contributed by atoms with Crippen molar-refractivity contribution in [1.82, 2.24) is 4.98 Å². The first kappa shape index (κ1) is 16.1. The molecule has 1 unspecified atom stereocenters. The van der Waals surface area contributed by atoms with Crippen LogP contribution in [0.2, 0.25) is 0 Å². The van der Waals surface area contributed by atoms with Gasteiger partial charge in [-0.1, -0.05) is 58.3 Å². The van der Waals surface area contributed by atoms with E-state index in [0.29, 0.717) is 0 Å². The zero-order chi connectivity index (χ0) is 13.9. The minimum atomic E-state index is -0.302. The van der Waals surface area contributed by atoms with Gasteiger partial charge in [0.1, 0.15) is 5.82 Å². The Morgan fingerprint density at radius 1 is 1.05 bits per heavy atom. The smallest absolute Gasteiger partial charge is 0.141 e. The summed E-state index contributed by atoms with van der Waals surface area (Å²) in [5.74, 6) is -0.302. The van der Waals surface area contributed by atoms with Gasteiger partial charge in [-0.3, -0.25) is 4.98 Å². The fourth-order valence-electron chi connectivity index (χ4n) is 2.30. The van der Waals surface area contributed by atoms with Crippen molar-refractivity contribution in [2.45, 2.75) is 70.8 Å². The average molecular weight is 266 g/mol. The SMILES string of the molecule is CCCCCCCCCCC(N)c1cncc(F)c1. The van der Waals surface area contributed by atoms with E-state index in [9.17, 15) is 4.39 Å². The molecule has 0 bridgehead atoms. The molecule has 0 saturated carbocycles. The van der Waals surface area contributed by atoms with Crippen LogP contribution in [-0.2, 0) is 0 Å². The molecule has 0 aliphatic carbocycles. The first-order valence-electron chi connectivity index (χ1n) is 7.60. The Kier molecular flexibility index (Phi) is 8.39. The molecule has 0 aliphatic heterocycles. The summed E-state index contributed by atoms with van der Waals surface area (Å²) in [5, 5.41) is 0. The molecule has 0 amide bonds. The van der Waals surface area contributed by atoms with Crippen LogP contribution in [0.1, 0.15) is 76.3 Å². The minimum absolute atomic E-state index is 0.0803. The van der Waals surface area contributed by atoms with Crippen LogP contribution in [0.25, 0.3) is 0 Å². The molecule has 1 heterocycles. The molecule has 108 valence electrons. The van der Waals surface area contributed by atoms with Gasteiger partial charge in [-0.25, -0.2) is 4.39 Å². The van der Waals surface area contributed by atoms with Gasteiger partial charge < -0.3 is 5.73 Å². The third kappa shape index (κ3) is 7.26. The lowest BCUT2D eigenvalue weighted by Crippen LogP contribution is -2.10. The number of aromatic nitrogens is 1. The third-order valence-corrected chi connectivity index (χ3v) is 3.52. The molecule has 1 atom stereocenters. The number of halogens is 1. The maximum atomic E-state index is 13.0. The Labute approximate surface area is 116 Å². The number of hydrogen-bond donors (Lipinski definition) is 1. The summed E-state index contributed by atoms with van der Waals surface area (Å²) in [6, 6.07) is 1.41. The summed E-state index contributed by atoms with van der Waals surface area (Å²) in [5.41, 5.74) is 6.85. The molecule has 0 saturated heterocycles. The molecule has 3 heteroatoms. The van der Waals surface area contributed by atoms with E-state index in [4.69, 9.17) is 5.73 Å². The number of pyridine rings is 1.